The number of phosphoric ester groups is 4. The average molecular weight is 1640 g/mol. The van der Waals surface area contributed by atoms with E-state index in [0.29, 0.717) is 9.13 Å². The van der Waals surface area contributed by atoms with Crippen molar-refractivity contribution >= 4 is 84.5 Å². The molecular weight excluding hydrogens is 1570 g/mol. The van der Waals surface area contributed by atoms with Gasteiger partial charge in [-0.1, -0.05) is 0 Å². The van der Waals surface area contributed by atoms with E-state index in [9.17, 15) is 66.5 Å². The number of methoxy groups -OCH3 is 3. The predicted molar refractivity (Wildman–Crippen MR) is 348 cm³/mol. The molecular formula is C51H66F3N18O31P5. The summed E-state index contributed by atoms with van der Waals surface area (Å²) in [4.78, 5) is 140. The zero-order valence-corrected chi connectivity index (χ0v) is 60.2. The molecule has 7 aromatic heterocycles. The van der Waals surface area contributed by atoms with E-state index in [2.05, 4.69) is 39.9 Å². The van der Waals surface area contributed by atoms with Crippen LogP contribution >= 0.6 is 38.9 Å². The fourth-order valence-electron chi connectivity index (χ4n) is 12.2. The number of fused-ring (bicyclic) bond motifs is 2. The lowest BCUT2D eigenvalue weighted by atomic mass is 10.1. The van der Waals surface area contributed by atoms with Gasteiger partial charge in [0.2, 0.25) is 0 Å². The molecule has 10 unspecified atom stereocenters. The third-order valence-corrected chi connectivity index (χ3v) is 21.6. The van der Waals surface area contributed by atoms with E-state index in [1.807, 2.05) is 4.98 Å². The fourth-order valence-corrected chi connectivity index (χ4v) is 16.4. The number of phosphoric acid groups is 4. The van der Waals surface area contributed by atoms with Gasteiger partial charge in [-0.2, -0.15) is 9.97 Å². The van der Waals surface area contributed by atoms with Crippen LogP contribution in [0.1, 0.15) is 31.1 Å². The van der Waals surface area contributed by atoms with Crippen LogP contribution in [0.4, 0.5) is 36.4 Å². The summed E-state index contributed by atoms with van der Waals surface area (Å²) in [7, 11) is -24.3. The Morgan fingerprint density at radius 2 is 0.778 bits per heavy atom. The number of alkyl halides is 3. The van der Waals surface area contributed by atoms with E-state index in [-0.39, 0.29) is 45.6 Å². The highest BCUT2D eigenvalue weighted by Crippen LogP contribution is 2.56. The standard InChI is InChI=1S/C51H66F3N18O31P5/c1-87-33-20(95-46(28(33)52)71-18-63-31-40(57)59-16-61-42(31)71)12-91-107(83,84)102-36-23(98-47(38(36)88-2)70-9-6-26(56)66-50(70)75)14-93-106(81,82)101-35-22(97-44(30(35)54)68-8-5-25(55)65-49(68)74)13-92-108(85,86)103-37-24(99-48(39(37)89-3)72-19-64-32-41(58)60-17-62-43(32)72)15-94-105(79,80)100-34-21(11-90-104(4,77)78)96-45(29(34)53)69-10-7-27(73)67-51(69)76/h5-10,16-24,28-30,33-39,44-48H,11-15H2,1-4H3,(H,77,78)(H,79,80)(H,81,82)(H,83,84)(H,85,86)(H2,55,65,74)(H2,56,66,75)(H2,57,59,61)(H2,58,60,62)(H,67,73,76)/t20-,21-,22-,23-,24-,28?,29?,30?,33+,34+,35+,36+,37+,38?,39?,44-,45-,46-,47-,48-/m1/s1. The molecule has 25 atom stereocenters. The molecule has 0 bridgehead atoms. The van der Waals surface area contributed by atoms with E-state index in [1.165, 1.54) is 4.57 Å². The molecule has 5 saturated heterocycles. The molecule has 7 aromatic rings. The number of rotatable bonds is 31. The highest BCUT2D eigenvalue weighted by Gasteiger charge is 2.58. The molecule has 14 N–H and O–H groups in total. The van der Waals surface area contributed by atoms with Crippen LogP contribution < -0.4 is 45.6 Å². The highest BCUT2D eigenvalue weighted by molar-refractivity contribution is 7.52. The number of aromatic amines is 1. The second-order valence-electron chi connectivity index (χ2n) is 24.0. The number of nitrogens with zero attached hydrogens (tertiary/aromatic N) is 13. The third-order valence-electron chi connectivity index (χ3n) is 17.0. The summed E-state index contributed by atoms with van der Waals surface area (Å²) in [6.07, 6.45) is -32.7. The number of nitrogens with one attached hydrogen (secondary N) is 1. The summed E-state index contributed by atoms with van der Waals surface area (Å²) in [6, 6.07) is 2.95. The lowest BCUT2D eigenvalue weighted by Gasteiger charge is -2.27. The zero-order chi connectivity index (χ0) is 77.9. The molecule has 592 valence electrons. The number of H-pyrrole nitrogens is 1. The molecule has 0 aliphatic carbocycles. The number of hydrogen-bond acceptors (Lipinski definition) is 38. The molecule has 0 amide bonds. The topological polar surface area (TPSA) is 659 Å². The van der Waals surface area contributed by atoms with Crippen molar-refractivity contribution in [3.63, 3.8) is 0 Å². The Kier molecular flexibility index (Phi) is 23.7. The van der Waals surface area contributed by atoms with Crippen molar-refractivity contribution in [2.75, 3.05) is 84.0 Å². The van der Waals surface area contributed by atoms with Crippen LogP contribution in [-0.2, 0) is 101 Å². The van der Waals surface area contributed by atoms with E-state index in [4.69, 9.17) is 102 Å². The lowest BCUT2D eigenvalue weighted by molar-refractivity contribution is -0.0674. The van der Waals surface area contributed by atoms with Crippen molar-refractivity contribution < 1.29 is 139 Å². The minimum atomic E-state index is -5.93. The van der Waals surface area contributed by atoms with Crippen molar-refractivity contribution in [1.29, 1.82) is 0 Å². The first-order valence-electron chi connectivity index (χ1n) is 31.2. The summed E-state index contributed by atoms with van der Waals surface area (Å²) in [5, 5.41) is 0. The quantitative estimate of drug-likeness (QED) is 0.0220. The number of nitrogens with two attached hydrogens (primary N) is 4. The number of ether oxygens (including phenoxy) is 8. The monoisotopic (exact) mass is 1640 g/mol. The predicted octanol–water partition coefficient (Wildman–Crippen LogP) is -1.55. The van der Waals surface area contributed by atoms with Crippen LogP contribution in [0.15, 0.2) is 81.3 Å². The van der Waals surface area contributed by atoms with Gasteiger partial charge in [-0.15, -0.1) is 0 Å². The summed E-state index contributed by atoms with van der Waals surface area (Å²) < 4.78 is 217. The van der Waals surface area contributed by atoms with Gasteiger partial charge in [-0.3, -0.25) is 73.4 Å². The first kappa shape index (κ1) is 80.3. The molecule has 12 rings (SSSR count). The Morgan fingerprint density at radius 1 is 0.444 bits per heavy atom. The first-order chi connectivity index (χ1) is 51.0. The highest BCUT2D eigenvalue weighted by atomic mass is 31.2. The van der Waals surface area contributed by atoms with Crippen LogP contribution in [0.25, 0.3) is 22.3 Å². The Labute approximate surface area is 600 Å². The van der Waals surface area contributed by atoms with Crippen LogP contribution in [0.2, 0.25) is 0 Å². The van der Waals surface area contributed by atoms with Crippen LogP contribution in [0.5, 0.6) is 0 Å². The van der Waals surface area contributed by atoms with Crippen molar-refractivity contribution in [3.8, 4) is 0 Å². The van der Waals surface area contributed by atoms with E-state index < -0.39 is 217 Å². The normalized spacial score (nSPS) is 32.3. The van der Waals surface area contributed by atoms with Gasteiger partial charge >= 0.3 is 56.0 Å². The van der Waals surface area contributed by atoms with Crippen molar-refractivity contribution in [3.05, 3.63) is 104 Å². The first-order valence-corrected chi connectivity index (χ1v) is 39.2. The molecule has 0 saturated carbocycles. The Hall–Kier alpha value is -7.20. The largest absolute Gasteiger partial charge is 0.472 e. The summed E-state index contributed by atoms with van der Waals surface area (Å²) in [5.41, 5.74) is 18.9. The molecule has 108 heavy (non-hydrogen) atoms. The number of halogens is 3. The molecule has 0 aromatic carbocycles. The molecule has 12 heterocycles. The van der Waals surface area contributed by atoms with Gasteiger partial charge in [0.1, 0.15) is 109 Å². The third kappa shape index (κ3) is 17.3. The number of imidazole rings is 2. The number of anilines is 4. The van der Waals surface area contributed by atoms with Gasteiger partial charge < -0.3 is 89.8 Å². The van der Waals surface area contributed by atoms with Gasteiger partial charge in [0.25, 0.3) is 5.56 Å². The zero-order valence-electron chi connectivity index (χ0n) is 55.7. The molecule has 0 spiro atoms. The van der Waals surface area contributed by atoms with Gasteiger partial charge in [0.15, 0.2) is 72.6 Å². The maximum atomic E-state index is 17.2. The second kappa shape index (κ2) is 31.9. The molecule has 57 heteroatoms. The average Bonchev–Trinajstić information content (AvgIpc) is 1.63. The summed E-state index contributed by atoms with van der Waals surface area (Å²) in [6.45, 7) is -5.22. The molecule has 5 aliphatic rings. The van der Waals surface area contributed by atoms with Crippen LogP contribution in [0.3, 0.4) is 0 Å². The number of aromatic nitrogens is 14. The maximum absolute atomic E-state index is 17.2. The van der Waals surface area contributed by atoms with Crippen LogP contribution in [-0.4, -0.2) is 245 Å². The summed E-state index contributed by atoms with van der Waals surface area (Å²) >= 11 is 0. The van der Waals surface area contributed by atoms with E-state index >= 15 is 13.2 Å². The Bertz CT molecular complexity index is 4950. The minimum absolute atomic E-state index is 0.0259. The Balaban J connectivity index is 0.773. The van der Waals surface area contributed by atoms with E-state index in [1.54, 1.807) is 0 Å². The van der Waals surface area contributed by atoms with Crippen molar-refractivity contribution in [2.45, 2.75) is 123 Å². The van der Waals surface area contributed by atoms with Crippen molar-refractivity contribution in [2.24, 2.45) is 0 Å². The van der Waals surface area contributed by atoms with E-state index in [0.717, 1.165) is 99.2 Å². The molecule has 49 nitrogen and oxygen atoms in total. The molecule has 5 aliphatic heterocycles. The minimum Gasteiger partial charge on any atom is -0.383 e. The van der Waals surface area contributed by atoms with Gasteiger partial charge in [0, 0.05) is 52.7 Å². The smallest absolute Gasteiger partial charge is 0.383 e. The molecule has 5 fully saturated rings. The van der Waals surface area contributed by atoms with Gasteiger partial charge in [-0.05, 0) is 12.1 Å². The summed E-state index contributed by atoms with van der Waals surface area (Å²) in [5.74, 6) is -0.850. The number of hydrogen-bond donors (Lipinski definition) is 10. The van der Waals surface area contributed by atoms with Gasteiger partial charge in [0.05, 0.1) is 45.7 Å². The Morgan fingerprint density at radius 3 is 1.19 bits per heavy atom. The van der Waals surface area contributed by atoms with Crippen LogP contribution in [0, 0.1) is 0 Å². The fraction of sp³-hybridized carbons (Fsp3) is 0.569. The molecule has 0 radical (unpaired) electrons. The SMILES string of the molecule is COC1[C@@H](OP(=O)(O)OC[C@H]2O[C@@H](n3cnc4c(N)ncnc43)C(F)[C@H]2OC)[C@@H](COP(=O)(O)O[C@@H]2C(F)[C@H](n3ccc(N)nc3=O)O[C@@H]2COP(=O)(O)O[C@@H]2C(OC)[C@H](n3cnc4c(N)ncnc43)O[C@@H]2COP(=O)(O)O[C@@H]2C(F)[C@H](n3ccc(=O)[nH]c3=O)O[C@@H]2COP(C)(=O)O)O[C@H]1n1ccc(N)nc1=O. The maximum Gasteiger partial charge on any atom is 0.472 e. The lowest BCUT2D eigenvalue weighted by Crippen LogP contribution is -2.39. The van der Waals surface area contributed by atoms with Crippen molar-refractivity contribution in [1.82, 2.24) is 67.7 Å². The second-order valence-corrected chi connectivity index (χ2v) is 31.5. The van der Waals surface area contributed by atoms with Gasteiger partial charge in [-0.25, -0.2) is 75.7 Å². The number of nitrogen functional groups attached to an aromatic ring is 4.